The number of halogens is 15. The second-order valence-corrected chi connectivity index (χ2v) is 12.2. The summed E-state index contributed by atoms with van der Waals surface area (Å²) in [5.41, 5.74) is -3.15. The number of rotatable bonds is 12. The van der Waals surface area contributed by atoms with Gasteiger partial charge in [-0.2, -0.15) is 0 Å². The van der Waals surface area contributed by atoms with Crippen molar-refractivity contribution in [3.05, 3.63) is 193 Å². The van der Waals surface area contributed by atoms with Crippen molar-refractivity contribution in [1.29, 1.82) is 0 Å². The topological polar surface area (TPSA) is 27.7 Å². The average molecular weight is 830 g/mol. The molecule has 6 rings (SSSR count). The van der Waals surface area contributed by atoms with Crippen LogP contribution in [0.2, 0.25) is 0 Å². The highest BCUT2D eigenvalue weighted by atomic mass is 19.2. The minimum atomic E-state index is -2.33. The summed E-state index contributed by atoms with van der Waals surface area (Å²) in [7, 11) is -1.79. The normalized spacial score (nSPS) is 11.2. The molecule has 0 aliphatic heterocycles. The first-order valence-corrected chi connectivity index (χ1v) is 16.2. The lowest BCUT2D eigenvalue weighted by molar-refractivity contribution is 0.307. The van der Waals surface area contributed by atoms with Gasteiger partial charge in [-0.3, -0.25) is 0 Å². The van der Waals surface area contributed by atoms with Gasteiger partial charge in [0.2, 0.25) is 17.5 Å². The Kier molecular flexibility index (Phi) is 11.9. The summed E-state index contributed by atoms with van der Waals surface area (Å²) in [6.45, 7) is 0. The van der Waals surface area contributed by atoms with Crippen LogP contribution in [0, 0.1) is 87.3 Å². The third-order valence-electron chi connectivity index (χ3n) is 8.51. The molecular formula is C39H18BF15O3. The van der Waals surface area contributed by atoms with Gasteiger partial charge >= 0.3 is 7.32 Å². The van der Waals surface area contributed by atoms with Crippen molar-refractivity contribution < 1.29 is 79.8 Å². The lowest BCUT2D eigenvalue weighted by Gasteiger charge is -2.17. The first-order valence-electron chi connectivity index (χ1n) is 16.2. The van der Waals surface area contributed by atoms with E-state index in [1.54, 1.807) is 0 Å². The van der Waals surface area contributed by atoms with Gasteiger partial charge in [0.1, 0.15) is 17.2 Å². The smallest absolute Gasteiger partial charge is 0.490 e. The predicted molar refractivity (Wildman–Crippen MR) is 174 cm³/mol. The van der Waals surface area contributed by atoms with Gasteiger partial charge in [-0.25, -0.2) is 65.9 Å². The van der Waals surface area contributed by atoms with Crippen LogP contribution in [0.15, 0.2) is 72.8 Å². The van der Waals surface area contributed by atoms with Gasteiger partial charge in [0.05, 0.1) is 0 Å². The number of hydrogen-bond acceptors (Lipinski definition) is 3. The first-order chi connectivity index (χ1) is 27.5. The predicted octanol–water partition coefficient (Wildman–Crippen LogP) is 11.1. The van der Waals surface area contributed by atoms with Crippen LogP contribution in [0.3, 0.4) is 0 Å². The van der Waals surface area contributed by atoms with Gasteiger partial charge in [0.25, 0.3) is 0 Å². The lowest BCUT2D eigenvalue weighted by Crippen LogP contribution is -2.37. The molecule has 0 saturated carbocycles. The molecule has 0 aromatic heterocycles. The van der Waals surface area contributed by atoms with Crippen molar-refractivity contribution in [3.63, 3.8) is 0 Å². The second kappa shape index (κ2) is 16.7. The maximum absolute atomic E-state index is 14.3. The molecule has 58 heavy (non-hydrogen) atoms. The summed E-state index contributed by atoms with van der Waals surface area (Å²) in [5, 5.41) is 0. The Labute approximate surface area is 317 Å². The molecule has 0 unspecified atom stereocenters. The Morgan fingerprint density at radius 1 is 0.259 bits per heavy atom. The highest BCUT2D eigenvalue weighted by Crippen LogP contribution is 2.30. The van der Waals surface area contributed by atoms with E-state index in [1.807, 2.05) is 0 Å². The van der Waals surface area contributed by atoms with Crippen molar-refractivity contribution in [2.75, 3.05) is 0 Å². The zero-order valence-electron chi connectivity index (χ0n) is 28.5. The molecule has 6 aromatic rings. The zero-order chi connectivity index (χ0) is 42.2. The third-order valence-corrected chi connectivity index (χ3v) is 8.51. The Balaban J connectivity index is 1.23. The summed E-state index contributed by atoms with van der Waals surface area (Å²) in [4.78, 5) is 0. The van der Waals surface area contributed by atoms with Crippen molar-refractivity contribution in [1.82, 2.24) is 0 Å². The van der Waals surface area contributed by atoms with Crippen molar-refractivity contribution in [2.24, 2.45) is 0 Å². The standard InChI is InChI=1S/C39H18BF15O3/c41-25-22(26(42)32(48)37(53)31(25)47)13-16-1-7-19(8-2-16)56-40(57-20-9-3-17(4-10-20)14-23-27(43)33(49)38(54)34(50)28(23)44)58-21-11-5-18(6-12-21)15-24-29(45)35(51)39(55)36(52)30(24)46/h1-12H,13-15H2. The molecule has 0 aliphatic carbocycles. The Morgan fingerprint density at radius 2 is 0.431 bits per heavy atom. The Bertz CT molecular complexity index is 2150. The van der Waals surface area contributed by atoms with Crippen LogP contribution >= 0.6 is 0 Å². The maximum Gasteiger partial charge on any atom is 0.864 e. The van der Waals surface area contributed by atoms with E-state index in [1.165, 1.54) is 72.8 Å². The van der Waals surface area contributed by atoms with Crippen LogP contribution < -0.4 is 14.0 Å². The van der Waals surface area contributed by atoms with E-state index in [4.69, 9.17) is 14.0 Å². The van der Waals surface area contributed by atoms with E-state index >= 15 is 0 Å². The molecule has 3 nitrogen and oxygen atoms in total. The van der Waals surface area contributed by atoms with Crippen LogP contribution in [-0.4, -0.2) is 7.32 Å². The molecule has 0 bridgehead atoms. The highest BCUT2D eigenvalue weighted by Gasteiger charge is 2.32. The summed E-state index contributed by atoms with van der Waals surface area (Å²) in [6.07, 6.45) is -2.22. The second-order valence-electron chi connectivity index (χ2n) is 12.2. The van der Waals surface area contributed by atoms with E-state index in [-0.39, 0.29) is 33.9 Å². The molecule has 0 heterocycles. The fourth-order valence-electron chi connectivity index (χ4n) is 5.49. The zero-order valence-corrected chi connectivity index (χ0v) is 28.5. The molecule has 0 fully saturated rings. The summed E-state index contributed by atoms with van der Waals surface area (Å²) >= 11 is 0. The SMILES string of the molecule is Fc1c(F)c(F)c(Cc2ccc(OB(Oc3ccc(Cc4c(F)c(F)c(F)c(F)c4F)cc3)Oc3ccc(Cc4c(F)c(F)c(F)c(F)c4F)cc3)cc2)c(F)c1F. The van der Waals surface area contributed by atoms with Gasteiger partial charge in [0, 0.05) is 36.0 Å². The van der Waals surface area contributed by atoms with Crippen molar-refractivity contribution in [3.8, 4) is 17.2 Å². The average Bonchev–Trinajstić information content (AvgIpc) is 3.22. The van der Waals surface area contributed by atoms with E-state index in [2.05, 4.69) is 0 Å². The van der Waals surface area contributed by atoms with Crippen LogP contribution in [-0.2, 0) is 19.3 Å². The van der Waals surface area contributed by atoms with Crippen LogP contribution in [0.25, 0.3) is 0 Å². The molecule has 6 aromatic carbocycles. The van der Waals surface area contributed by atoms with Crippen molar-refractivity contribution >= 4 is 7.32 Å². The van der Waals surface area contributed by atoms with E-state index in [0.29, 0.717) is 0 Å². The molecular weight excluding hydrogens is 812 g/mol. The van der Waals surface area contributed by atoms with Gasteiger partial charge in [0.15, 0.2) is 69.8 Å². The van der Waals surface area contributed by atoms with E-state index < -0.39 is 131 Å². The molecule has 0 radical (unpaired) electrons. The monoisotopic (exact) mass is 830 g/mol. The molecule has 19 heteroatoms. The molecule has 0 spiro atoms. The minimum absolute atomic E-state index is 0.0581. The first kappa shape index (κ1) is 41.4. The number of hydrogen-bond donors (Lipinski definition) is 0. The largest absolute Gasteiger partial charge is 0.864 e. The maximum atomic E-state index is 14.3. The van der Waals surface area contributed by atoms with Gasteiger partial charge in [-0.1, -0.05) is 36.4 Å². The van der Waals surface area contributed by atoms with E-state index in [9.17, 15) is 65.9 Å². The number of benzene rings is 6. The molecule has 0 amide bonds. The van der Waals surface area contributed by atoms with Crippen LogP contribution in [0.4, 0.5) is 65.9 Å². The fraction of sp³-hybridized carbons (Fsp3) is 0.0769. The van der Waals surface area contributed by atoms with E-state index in [0.717, 1.165) is 0 Å². The van der Waals surface area contributed by atoms with Crippen molar-refractivity contribution in [2.45, 2.75) is 19.3 Å². The molecule has 0 saturated heterocycles. The molecule has 300 valence electrons. The summed E-state index contributed by atoms with van der Waals surface area (Å²) in [6, 6.07) is 14.4. The summed E-state index contributed by atoms with van der Waals surface area (Å²) in [5.74, 6) is -32.3. The Hall–Kier alpha value is -6.27. The van der Waals surface area contributed by atoms with Gasteiger partial charge < -0.3 is 14.0 Å². The molecule has 0 aliphatic rings. The highest BCUT2D eigenvalue weighted by molar-refractivity contribution is 6.39. The molecule has 0 N–H and O–H groups in total. The van der Waals surface area contributed by atoms with Gasteiger partial charge in [-0.05, 0) is 53.1 Å². The third kappa shape index (κ3) is 8.24. The van der Waals surface area contributed by atoms with Crippen LogP contribution in [0.1, 0.15) is 33.4 Å². The van der Waals surface area contributed by atoms with Gasteiger partial charge in [-0.15, -0.1) is 0 Å². The summed E-state index contributed by atoms with van der Waals surface area (Å²) < 4.78 is 225. The Morgan fingerprint density at radius 3 is 0.621 bits per heavy atom. The minimum Gasteiger partial charge on any atom is -0.490 e. The van der Waals surface area contributed by atoms with Crippen LogP contribution in [0.5, 0.6) is 17.2 Å². The molecule has 0 atom stereocenters. The fourth-order valence-corrected chi connectivity index (χ4v) is 5.49. The lowest BCUT2D eigenvalue weighted by atomic mass is 10.0. The quantitative estimate of drug-likeness (QED) is 0.0532.